The number of ether oxygens (including phenoxy) is 6. The molecule has 0 radical (unpaired) electrons. The second kappa shape index (κ2) is 22.7. The highest BCUT2D eigenvalue weighted by Crippen LogP contribution is 2.45. The van der Waals surface area contributed by atoms with Crippen molar-refractivity contribution in [3.05, 3.63) is 89.3 Å². The van der Waals surface area contributed by atoms with Crippen molar-refractivity contribution in [2.45, 2.75) is 43.8 Å². The van der Waals surface area contributed by atoms with Gasteiger partial charge in [-0.25, -0.2) is 27.1 Å². The average Bonchev–Trinajstić information content (AvgIpc) is 4.22. The normalized spacial score (nSPS) is 20.4. The number of carbonyl (C=O) groups is 3. The fourth-order valence-corrected chi connectivity index (χ4v) is 11.7. The third-order valence-electron chi connectivity index (χ3n) is 14.0. The number of benzene rings is 3. The number of nitrogens with zero attached hydrogens (tertiary/aromatic N) is 6. The molecular weight excluding hydrogens is 1030 g/mol. The van der Waals surface area contributed by atoms with Gasteiger partial charge in [0.25, 0.3) is 6.01 Å². The van der Waals surface area contributed by atoms with Crippen molar-refractivity contribution < 1.29 is 60.0 Å². The Bertz CT molecular complexity index is 3120. The first-order valence-corrected chi connectivity index (χ1v) is 27.1. The molecule has 2 aromatic heterocycles. The van der Waals surface area contributed by atoms with Crippen LogP contribution in [0.4, 0.5) is 27.6 Å². The van der Waals surface area contributed by atoms with Crippen LogP contribution in [0.15, 0.2) is 71.4 Å². The smallest absolute Gasteiger partial charge is 0.297 e. The quantitative estimate of drug-likeness (QED) is 0.0486. The van der Waals surface area contributed by atoms with Crippen LogP contribution in [0.3, 0.4) is 0 Å². The van der Waals surface area contributed by atoms with E-state index < -0.39 is 27.2 Å². The van der Waals surface area contributed by atoms with E-state index >= 15 is 4.39 Å². The van der Waals surface area contributed by atoms with E-state index in [9.17, 15) is 22.8 Å². The summed E-state index contributed by atoms with van der Waals surface area (Å²) in [6, 6.07) is 13.8. The zero-order valence-electron chi connectivity index (χ0n) is 42.1. The Labute approximate surface area is 443 Å². The van der Waals surface area contributed by atoms with Gasteiger partial charge in [0.15, 0.2) is 0 Å². The molecule has 3 aromatic carbocycles. The minimum atomic E-state index is -3.55. The fraction of sp³-hybridized carbons (Fsp3) is 0.462. The van der Waals surface area contributed by atoms with Gasteiger partial charge in [0.1, 0.15) is 59.0 Å². The standard InChI is InChI=1S/C52H59ClFN9O12S/c1-61(2)13-3-4-44(64)58-41-24-38-40(25-43(41)74-36-10-15-71-26-36)55-32-56-48(38)57-34-22-37(46(54)39(53)23-34)33-5-7-35(8-6-33)73-19-18-69-16-17-70-20-21-76(67,68)63-29-51(30-63)12-14-62(28-51)50-59-42-27-72-31-52(47(42)75-50)11-9-45(65)60-49(52)66/h3-8,22-25,32,36H,9-21,26-31H2,1-2H3,(H,58,64)(H,55,56,57)(H,60,65,66)/b4-3+. The van der Waals surface area contributed by atoms with Crippen LogP contribution < -0.4 is 30.3 Å². The predicted octanol–water partition coefficient (Wildman–Crippen LogP) is 5.20. The molecule has 10 rings (SSSR count). The third kappa shape index (κ3) is 11.8. The van der Waals surface area contributed by atoms with E-state index in [4.69, 9.17) is 44.4 Å². The second-order valence-corrected chi connectivity index (χ2v) is 22.4. The summed E-state index contributed by atoms with van der Waals surface area (Å²) >= 11 is 6.46. The highest BCUT2D eigenvalue weighted by Gasteiger charge is 2.54. The molecule has 2 unspecified atom stereocenters. The summed E-state index contributed by atoms with van der Waals surface area (Å²) in [5.41, 5.74) is 1.44. The number of aromatic nitrogens is 3. The number of imide groups is 1. The molecular formula is C52H59ClFN9O12S. The van der Waals surface area contributed by atoms with Crippen LogP contribution in [0.2, 0.25) is 5.02 Å². The number of amides is 3. The van der Waals surface area contributed by atoms with E-state index in [-0.39, 0.29) is 98.8 Å². The minimum Gasteiger partial charge on any atom is -0.491 e. The highest BCUT2D eigenvalue weighted by molar-refractivity contribution is 7.89. The van der Waals surface area contributed by atoms with Crippen LogP contribution in [0.25, 0.3) is 22.0 Å². The Hall–Kier alpha value is -6.31. The van der Waals surface area contributed by atoms with E-state index in [0.29, 0.717) is 115 Å². The molecule has 0 bridgehead atoms. The van der Waals surface area contributed by atoms with Crippen LogP contribution >= 0.6 is 11.6 Å². The van der Waals surface area contributed by atoms with Crippen molar-refractivity contribution >= 4 is 73.5 Å². The topological polar surface area (TPSA) is 238 Å². The Kier molecular flexibility index (Phi) is 15.9. The molecule has 21 nitrogen and oxygen atoms in total. The monoisotopic (exact) mass is 1090 g/mol. The summed E-state index contributed by atoms with van der Waals surface area (Å²) in [5.74, 6) is -0.0527. The van der Waals surface area contributed by atoms with Crippen molar-refractivity contribution in [1.82, 2.24) is 29.5 Å². The molecule has 2 atom stereocenters. The zero-order valence-corrected chi connectivity index (χ0v) is 43.7. The van der Waals surface area contributed by atoms with Crippen LogP contribution in [0.5, 0.6) is 11.5 Å². The van der Waals surface area contributed by atoms with Crippen LogP contribution in [0, 0.1) is 11.2 Å². The predicted molar refractivity (Wildman–Crippen MR) is 278 cm³/mol. The van der Waals surface area contributed by atoms with Gasteiger partial charge in [-0.15, -0.1) is 0 Å². The van der Waals surface area contributed by atoms with Crippen molar-refractivity contribution in [3.63, 3.8) is 0 Å². The van der Waals surface area contributed by atoms with Gasteiger partial charge in [0, 0.05) is 79.8 Å². The van der Waals surface area contributed by atoms with Gasteiger partial charge in [-0.05, 0) is 62.8 Å². The number of fused-ring (bicyclic) bond motifs is 3. The van der Waals surface area contributed by atoms with Crippen molar-refractivity contribution in [2.24, 2.45) is 5.41 Å². The maximum Gasteiger partial charge on any atom is 0.297 e. The van der Waals surface area contributed by atoms with Crippen molar-refractivity contribution in [3.8, 4) is 22.6 Å². The van der Waals surface area contributed by atoms with Gasteiger partial charge >= 0.3 is 0 Å². The van der Waals surface area contributed by atoms with E-state index in [0.717, 1.165) is 6.42 Å². The zero-order chi connectivity index (χ0) is 53.0. The van der Waals surface area contributed by atoms with Gasteiger partial charge in [0.05, 0.1) is 74.8 Å². The lowest BCUT2D eigenvalue weighted by molar-refractivity contribution is -0.142. The lowest BCUT2D eigenvalue weighted by Crippen LogP contribution is -2.60. The molecule has 7 heterocycles. The Morgan fingerprint density at radius 1 is 1.01 bits per heavy atom. The Balaban J connectivity index is 0.660. The SMILES string of the molecule is CN(C)C/C=C/C(=O)Nc1cc2c(Nc3cc(Cl)c(F)c(-c4ccc(OCCOCCOCCS(=O)(=O)N5CC6(CCN(c7nc8c(o7)C7(CCC(=O)NC7=O)COC8)C6)C5)cc4)c3)ncnc2cc1OC1CCOC1. The van der Waals surface area contributed by atoms with E-state index in [1.165, 1.54) is 22.8 Å². The fourth-order valence-electron chi connectivity index (χ4n) is 9.97. The maximum atomic E-state index is 15.6. The van der Waals surface area contributed by atoms with Gasteiger partial charge in [0.2, 0.25) is 27.7 Å². The van der Waals surface area contributed by atoms with Crippen molar-refractivity contribution in [1.29, 1.82) is 0 Å². The van der Waals surface area contributed by atoms with E-state index in [2.05, 4.69) is 30.9 Å². The molecule has 404 valence electrons. The van der Waals surface area contributed by atoms with Gasteiger partial charge in [-0.3, -0.25) is 19.7 Å². The largest absolute Gasteiger partial charge is 0.491 e. The molecule has 3 N–H and O–H groups in total. The molecule has 24 heteroatoms. The molecule has 2 spiro atoms. The number of nitrogens with one attached hydrogen (secondary N) is 3. The third-order valence-corrected chi connectivity index (χ3v) is 16.0. The lowest BCUT2D eigenvalue weighted by Gasteiger charge is -2.46. The first-order chi connectivity index (χ1) is 36.7. The molecule has 0 saturated carbocycles. The first kappa shape index (κ1) is 53.1. The van der Waals surface area contributed by atoms with Gasteiger partial charge in [-0.1, -0.05) is 29.8 Å². The summed E-state index contributed by atoms with van der Waals surface area (Å²) in [6.45, 7) is 4.79. The molecule has 5 aliphatic rings. The average molecular weight is 1090 g/mol. The number of hydrogen-bond acceptors (Lipinski definition) is 18. The number of anilines is 4. The maximum absolute atomic E-state index is 15.6. The van der Waals surface area contributed by atoms with Crippen LogP contribution in [0.1, 0.15) is 37.1 Å². The van der Waals surface area contributed by atoms with Crippen molar-refractivity contribution in [2.75, 3.05) is 121 Å². The highest BCUT2D eigenvalue weighted by atomic mass is 35.5. The number of piperidine rings is 1. The summed E-state index contributed by atoms with van der Waals surface area (Å²) in [7, 11) is 0.269. The van der Waals surface area contributed by atoms with Gasteiger partial charge in [-0.2, -0.15) is 4.98 Å². The van der Waals surface area contributed by atoms with E-state index in [1.54, 1.807) is 48.5 Å². The number of likely N-dealkylation sites (N-methyl/N-ethyl adjacent to an activating group) is 1. The molecule has 0 aliphatic carbocycles. The minimum absolute atomic E-state index is 0.0167. The summed E-state index contributed by atoms with van der Waals surface area (Å²) in [5, 5.41) is 9.07. The number of oxazole rings is 1. The molecule has 76 heavy (non-hydrogen) atoms. The van der Waals surface area contributed by atoms with E-state index in [1.807, 2.05) is 23.9 Å². The number of rotatable bonds is 21. The number of hydrogen-bond donors (Lipinski definition) is 3. The van der Waals surface area contributed by atoms with Crippen LogP contribution in [-0.4, -0.2) is 162 Å². The van der Waals surface area contributed by atoms with Gasteiger partial charge < -0.3 is 53.3 Å². The Morgan fingerprint density at radius 3 is 2.59 bits per heavy atom. The number of halogens is 2. The van der Waals surface area contributed by atoms with Crippen LogP contribution in [-0.2, 0) is 55.4 Å². The lowest BCUT2D eigenvalue weighted by atomic mass is 9.76. The molecule has 4 saturated heterocycles. The molecule has 5 aliphatic heterocycles. The molecule has 3 amide bonds. The number of sulfonamides is 1. The molecule has 5 aromatic rings. The Morgan fingerprint density at radius 2 is 1.82 bits per heavy atom. The summed E-state index contributed by atoms with van der Waals surface area (Å²) in [6.07, 6.45) is 6.37. The first-order valence-electron chi connectivity index (χ1n) is 25.1. The number of carbonyl (C=O) groups excluding carboxylic acids is 3. The summed E-state index contributed by atoms with van der Waals surface area (Å²) < 4.78 is 84.3. The molecule has 4 fully saturated rings. The second-order valence-electron chi connectivity index (χ2n) is 19.9. The summed E-state index contributed by atoms with van der Waals surface area (Å²) in [4.78, 5) is 55.3.